The molecule has 1 amide bonds. The van der Waals surface area contributed by atoms with Crippen molar-refractivity contribution in [2.24, 2.45) is 0 Å². The second-order valence-electron chi connectivity index (χ2n) is 6.03. The number of likely N-dealkylation sites (N-methyl/N-ethyl adjacent to an activating group) is 1. The van der Waals surface area contributed by atoms with Crippen molar-refractivity contribution in [1.82, 2.24) is 10.2 Å². The Morgan fingerprint density at radius 3 is 2.76 bits per heavy atom. The summed E-state index contributed by atoms with van der Waals surface area (Å²) in [5, 5.41) is 2.99. The largest absolute Gasteiger partial charge is 0.497 e. The summed E-state index contributed by atoms with van der Waals surface area (Å²) in [6.45, 7) is 0.673. The summed E-state index contributed by atoms with van der Waals surface area (Å²) in [6.07, 6.45) is 0. The third kappa shape index (κ3) is 3.85. The van der Waals surface area contributed by atoms with Gasteiger partial charge in [0.15, 0.2) is 11.5 Å². The molecule has 1 aliphatic rings. The van der Waals surface area contributed by atoms with Gasteiger partial charge in [0.1, 0.15) is 5.75 Å². The monoisotopic (exact) mass is 342 g/mol. The van der Waals surface area contributed by atoms with Crippen molar-refractivity contribution in [3.8, 4) is 17.2 Å². The molecular formula is C19H22N2O4. The molecule has 0 spiro atoms. The Labute approximate surface area is 147 Å². The fourth-order valence-corrected chi connectivity index (χ4v) is 2.78. The lowest BCUT2D eigenvalue weighted by Crippen LogP contribution is -2.34. The molecule has 1 heterocycles. The Bertz CT molecular complexity index is 761. The van der Waals surface area contributed by atoms with Gasteiger partial charge in [-0.25, -0.2) is 0 Å². The smallest absolute Gasteiger partial charge is 0.251 e. The van der Waals surface area contributed by atoms with Crippen LogP contribution in [0.2, 0.25) is 0 Å². The molecule has 3 rings (SSSR count). The summed E-state index contributed by atoms with van der Waals surface area (Å²) in [6, 6.07) is 13.1. The lowest BCUT2D eigenvalue weighted by atomic mass is 10.1. The first kappa shape index (κ1) is 17.1. The third-order valence-corrected chi connectivity index (χ3v) is 4.19. The first-order valence-corrected chi connectivity index (χ1v) is 8.06. The maximum Gasteiger partial charge on any atom is 0.251 e. The van der Waals surface area contributed by atoms with Gasteiger partial charge in [0, 0.05) is 12.1 Å². The topological polar surface area (TPSA) is 60.0 Å². The standard InChI is InChI=1S/C19H22N2O4/c1-21(2)16(13-5-4-6-15(9-13)23-3)11-20-19(22)14-7-8-17-18(10-14)25-12-24-17/h4-10,16H,11-12H2,1-3H3,(H,20,22). The fraction of sp³-hybridized carbons (Fsp3) is 0.316. The number of carbonyl (C=O) groups excluding carboxylic acids is 1. The van der Waals surface area contributed by atoms with Crippen LogP contribution in [0.25, 0.3) is 0 Å². The Morgan fingerprint density at radius 2 is 2.00 bits per heavy atom. The van der Waals surface area contributed by atoms with Gasteiger partial charge in [-0.05, 0) is 50.0 Å². The molecule has 6 nitrogen and oxygen atoms in total. The van der Waals surface area contributed by atoms with E-state index in [1.54, 1.807) is 25.3 Å². The molecular weight excluding hydrogens is 320 g/mol. The van der Waals surface area contributed by atoms with E-state index in [0.29, 0.717) is 23.6 Å². The zero-order valence-electron chi connectivity index (χ0n) is 14.6. The van der Waals surface area contributed by atoms with E-state index in [-0.39, 0.29) is 18.7 Å². The maximum atomic E-state index is 12.5. The van der Waals surface area contributed by atoms with Crippen LogP contribution in [0.15, 0.2) is 42.5 Å². The van der Waals surface area contributed by atoms with E-state index in [4.69, 9.17) is 14.2 Å². The van der Waals surface area contributed by atoms with Crippen molar-refractivity contribution >= 4 is 5.91 Å². The highest BCUT2D eigenvalue weighted by molar-refractivity contribution is 5.95. The van der Waals surface area contributed by atoms with E-state index in [0.717, 1.165) is 11.3 Å². The van der Waals surface area contributed by atoms with Crippen LogP contribution in [0.5, 0.6) is 17.2 Å². The molecule has 132 valence electrons. The minimum atomic E-state index is -0.145. The van der Waals surface area contributed by atoms with E-state index in [1.165, 1.54) is 0 Å². The van der Waals surface area contributed by atoms with Crippen LogP contribution >= 0.6 is 0 Å². The number of nitrogens with one attached hydrogen (secondary N) is 1. The number of rotatable bonds is 6. The summed E-state index contributed by atoms with van der Waals surface area (Å²) in [4.78, 5) is 14.5. The van der Waals surface area contributed by atoms with Crippen LogP contribution in [-0.2, 0) is 0 Å². The van der Waals surface area contributed by atoms with E-state index in [9.17, 15) is 4.79 Å². The van der Waals surface area contributed by atoms with Gasteiger partial charge in [-0.3, -0.25) is 4.79 Å². The molecule has 1 unspecified atom stereocenters. The number of methoxy groups -OCH3 is 1. The van der Waals surface area contributed by atoms with Gasteiger partial charge < -0.3 is 24.4 Å². The van der Waals surface area contributed by atoms with Crippen LogP contribution in [0.4, 0.5) is 0 Å². The number of hydrogen-bond donors (Lipinski definition) is 1. The van der Waals surface area contributed by atoms with Gasteiger partial charge in [-0.1, -0.05) is 12.1 Å². The van der Waals surface area contributed by atoms with Gasteiger partial charge in [-0.15, -0.1) is 0 Å². The fourth-order valence-electron chi connectivity index (χ4n) is 2.78. The average Bonchev–Trinajstić information content (AvgIpc) is 3.09. The molecule has 0 aliphatic carbocycles. The molecule has 2 aromatic carbocycles. The molecule has 0 saturated heterocycles. The van der Waals surface area contributed by atoms with Crippen molar-refractivity contribution in [3.05, 3.63) is 53.6 Å². The molecule has 1 atom stereocenters. The average molecular weight is 342 g/mol. The lowest BCUT2D eigenvalue weighted by Gasteiger charge is -2.25. The molecule has 2 aromatic rings. The van der Waals surface area contributed by atoms with Crippen molar-refractivity contribution in [3.63, 3.8) is 0 Å². The molecule has 0 bridgehead atoms. The summed E-state index contributed by atoms with van der Waals surface area (Å²) in [7, 11) is 5.61. The minimum absolute atomic E-state index is 0.0352. The van der Waals surface area contributed by atoms with Gasteiger partial charge in [0.2, 0.25) is 6.79 Å². The Kier molecular flexibility index (Phi) is 5.09. The molecule has 1 N–H and O–H groups in total. The summed E-state index contributed by atoms with van der Waals surface area (Å²) in [5.41, 5.74) is 1.63. The normalized spacial score (nSPS) is 13.6. The van der Waals surface area contributed by atoms with E-state index in [2.05, 4.69) is 10.2 Å². The molecule has 25 heavy (non-hydrogen) atoms. The third-order valence-electron chi connectivity index (χ3n) is 4.19. The number of amides is 1. The predicted octanol–water partition coefficient (Wildman–Crippen LogP) is 2.46. The van der Waals surface area contributed by atoms with Gasteiger partial charge in [-0.2, -0.15) is 0 Å². The zero-order valence-corrected chi connectivity index (χ0v) is 14.6. The Balaban J connectivity index is 1.69. The number of fused-ring (bicyclic) bond motifs is 1. The molecule has 6 heteroatoms. The molecule has 0 fully saturated rings. The van der Waals surface area contributed by atoms with Crippen LogP contribution in [0.1, 0.15) is 22.0 Å². The van der Waals surface area contributed by atoms with Gasteiger partial charge in [0.05, 0.1) is 13.2 Å². The van der Waals surface area contributed by atoms with Crippen molar-refractivity contribution in [2.45, 2.75) is 6.04 Å². The summed E-state index contributed by atoms with van der Waals surface area (Å²) < 4.78 is 15.9. The van der Waals surface area contributed by atoms with Crippen LogP contribution in [0.3, 0.4) is 0 Å². The molecule has 0 aromatic heterocycles. The number of hydrogen-bond acceptors (Lipinski definition) is 5. The number of ether oxygens (including phenoxy) is 3. The second-order valence-corrected chi connectivity index (χ2v) is 6.03. The van der Waals surface area contributed by atoms with Crippen molar-refractivity contribution in [2.75, 3.05) is 34.5 Å². The quantitative estimate of drug-likeness (QED) is 0.874. The minimum Gasteiger partial charge on any atom is -0.497 e. The highest BCUT2D eigenvalue weighted by Gasteiger charge is 2.19. The highest BCUT2D eigenvalue weighted by atomic mass is 16.7. The summed E-state index contributed by atoms with van der Waals surface area (Å²) >= 11 is 0. The lowest BCUT2D eigenvalue weighted by molar-refractivity contribution is 0.0941. The van der Waals surface area contributed by atoms with Gasteiger partial charge in [0.25, 0.3) is 5.91 Å². The SMILES string of the molecule is COc1cccc(C(CNC(=O)c2ccc3c(c2)OCO3)N(C)C)c1. The zero-order chi connectivity index (χ0) is 17.8. The number of nitrogens with zero attached hydrogens (tertiary/aromatic N) is 1. The molecule has 0 saturated carbocycles. The van der Waals surface area contributed by atoms with E-state index in [1.807, 2.05) is 38.4 Å². The Hall–Kier alpha value is -2.73. The molecule has 0 radical (unpaired) electrons. The van der Waals surface area contributed by atoms with E-state index < -0.39 is 0 Å². The van der Waals surface area contributed by atoms with Crippen LogP contribution in [-0.4, -0.2) is 45.3 Å². The van der Waals surface area contributed by atoms with E-state index >= 15 is 0 Å². The number of carbonyl (C=O) groups is 1. The summed E-state index contributed by atoms with van der Waals surface area (Å²) in [5.74, 6) is 1.92. The van der Waals surface area contributed by atoms with Crippen molar-refractivity contribution in [1.29, 1.82) is 0 Å². The van der Waals surface area contributed by atoms with Crippen LogP contribution < -0.4 is 19.5 Å². The van der Waals surface area contributed by atoms with Crippen LogP contribution in [0, 0.1) is 0 Å². The predicted molar refractivity (Wildman–Crippen MR) is 94.3 cm³/mol. The first-order chi connectivity index (χ1) is 12.1. The van der Waals surface area contributed by atoms with Crippen molar-refractivity contribution < 1.29 is 19.0 Å². The highest BCUT2D eigenvalue weighted by Crippen LogP contribution is 2.32. The first-order valence-electron chi connectivity index (χ1n) is 8.06. The second kappa shape index (κ2) is 7.44. The van der Waals surface area contributed by atoms with Gasteiger partial charge >= 0.3 is 0 Å². The number of benzene rings is 2. The maximum absolute atomic E-state index is 12.5. The molecule has 1 aliphatic heterocycles. The Morgan fingerprint density at radius 1 is 1.20 bits per heavy atom.